The molecule has 5 heteroatoms. The molecule has 0 aliphatic rings. The lowest BCUT2D eigenvalue weighted by Gasteiger charge is -2.20. The Hall–Kier alpha value is -0.870. The van der Waals surface area contributed by atoms with Gasteiger partial charge in [-0.1, -0.05) is 11.6 Å². The van der Waals surface area contributed by atoms with E-state index in [0.717, 1.165) is 0 Å². The normalized spacial score (nSPS) is 12.2. The number of nitrogens with one attached hydrogen (secondary N) is 1. The maximum Gasteiger partial charge on any atom is 0.196 e. The minimum Gasteiger partial charge on any atom is -0.305 e. The summed E-state index contributed by atoms with van der Waals surface area (Å²) < 4.78 is 1.66. The molecule has 1 heterocycles. The first kappa shape index (κ1) is 14.2. The maximum absolute atomic E-state index is 12.1. The Bertz CT molecular complexity index is 404. The van der Waals surface area contributed by atoms with Gasteiger partial charge < -0.3 is 5.32 Å². The average Bonchev–Trinajstić information content (AvgIpc) is 2.55. The molecule has 4 nitrogen and oxygen atoms in total. The first-order valence-corrected chi connectivity index (χ1v) is 6.11. The number of aromatic nitrogens is 2. The predicted octanol–water partition coefficient (Wildman–Crippen LogP) is 2.69. The van der Waals surface area contributed by atoms with Gasteiger partial charge in [0, 0.05) is 11.6 Å². The summed E-state index contributed by atoms with van der Waals surface area (Å²) in [6, 6.07) is 0.121. The van der Waals surface area contributed by atoms with Crippen LogP contribution in [0.3, 0.4) is 0 Å². The summed E-state index contributed by atoms with van der Waals surface area (Å²) in [5.74, 6) is -0.0314. The Labute approximate surface area is 107 Å². The summed E-state index contributed by atoms with van der Waals surface area (Å²) >= 11 is 6.00. The number of ketones is 1. The van der Waals surface area contributed by atoms with Gasteiger partial charge in [-0.15, -0.1) is 0 Å². The van der Waals surface area contributed by atoms with Crippen LogP contribution in [0.25, 0.3) is 0 Å². The first-order valence-electron chi connectivity index (χ1n) is 5.73. The van der Waals surface area contributed by atoms with Crippen LogP contribution in [0.1, 0.15) is 51.1 Å². The quantitative estimate of drug-likeness (QED) is 0.844. The Morgan fingerprint density at radius 2 is 2.12 bits per heavy atom. The highest BCUT2D eigenvalue weighted by molar-refractivity contribution is 6.33. The zero-order chi connectivity index (χ0) is 13.2. The molecule has 0 amide bonds. The minimum absolute atomic E-state index is 0.0314. The van der Waals surface area contributed by atoms with Crippen molar-refractivity contribution in [1.82, 2.24) is 15.1 Å². The summed E-state index contributed by atoms with van der Waals surface area (Å²) in [6.07, 6.45) is 1.52. The van der Waals surface area contributed by atoms with E-state index in [1.165, 1.54) is 6.20 Å². The molecule has 0 aliphatic heterocycles. The molecule has 0 aromatic carbocycles. The number of nitrogens with zero attached hydrogens (tertiary/aromatic N) is 2. The third-order valence-corrected chi connectivity index (χ3v) is 2.56. The molecular weight excluding hydrogens is 238 g/mol. The van der Waals surface area contributed by atoms with Gasteiger partial charge in [-0.3, -0.25) is 9.48 Å². The van der Waals surface area contributed by atoms with Crippen LogP contribution in [0.4, 0.5) is 0 Å². The van der Waals surface area contributed by atoms with Crippen LogP contribution in [-0.2, 0) is 0 Å². The molecule has 1 rings (SSSR count). The van der Waals surface area contributed by atoms with E-state index < -0.39 is 0 Å². The lowest BCUT2D eigenvalue weighted by atomic mass is 10.1. The average molecular weight is 258 g/mol. The lowest BCUT2D eigenvalue weighted by Crippen LogP contribution is -2.39. The summed E-state index contributed by atoms with van der Waals surface area (Å²) in [6.45, 7) is 10.3. The van der Waals surface area contributed by atoms with Gasteiger partial charge in [0.05, 0.1) is 17.8 Å². The van der Waals surface area contributed by atoms with Crippen molar-refractivity contribution < 1.29 is 4.79 Å². The predicted molar refractivity (Wildman–Crippen MR) is 69.7 cm³/mol. The molecule has 0 spiro atoms. The second-order valence-corrected chi connectivity index (χ2v) is 5.81. The highest BCUT2D eigenvalue weighted by atomic mass is 35.5. The Kier molecular flexibility index (Phi) is 4.33. The topological polar surface area (TPSA) is 46.9 Å². The van der Waals surface area contributed by atoms with Crippen LogP contribution in [0, 0.1) is 0 Å². The molecule has 17 heavy (non-hydrogen) atoms. The Balaban J connectivity index is 2.85. The van der Waals surface area contributed by atoms with E-state index in [1.807, 2.05) is 34.6 Å². The fourth-order valence-corrected chi connectivity index (χ4v) is 1.66. The van der Waals surface area contributed by atoms with Crippen LogP contribution in [-0.4, -0.2) is 27.6 Å². The number of carbonyl (C=O) groups is 1. The molecule has 0 saturated heterocycles. The third-order valence-electron chi connectivity index (χ3n) is 2.28. The van der Waals surface area contributed by atoms with Gasteiger partial charge in [-0.25, -0.2) is 0 Å². The molecule has 0 aliphatic carbocycles. The molecule has 1 N–H and O–H groups in total. The number of halogens is 1. The highest BCUT2D eigenvalue weighted by Crippen LogP contribution is 2.19. The van der Waals surface area contributed by atoms with Crippen molar-refractivity contribution in [2.45, 2.75) is 46.2 Å². The van der Waals surface area contributed by atoms with Crippen molar-refractivity contribution in [2.24, 2.45) is 0 Å². The summed E-state index contributed by atoms with van der Waals surface area (Å²) in [5.41, 5.74) is 0.392. The molecule has 0 fully saturated rings. The fraction of sp³-hybridized carbons (Fsp3) is 0.667. The SMILES string of the molecule is CC(C)n1ncc(Cl)c1C(=O)CNC(C)(C)C. The standard InChI is InChI=1S/C12H20ClN3O/c1-8(2)16-11(9(13)6-15-16)10(17)7-14-12(3,4)5/h6,8,14H,7H2,1-5H3. The van der Waals surface area contributed by atoms with Crippen molar-refractivity contribution in [3.8, 4) is 0 Å². The van der Waals surface area contributed by atoms with E-state index in [-0.39, 0.29) is 23.9 Å². The van der Waals surface area contributed by atoms with Gasteiger partial charge in [-0.05, 0) is 34.6 Å². The van der Waals surface area contributed by atoms with Gasteiger partial charge in [0.1, 0.15) is 5.69 Å². The zero-order valence-corrected chi connectivity index (χ0v) is 11.8. The lowest BCUT2D eigenvalue weighted by molar-refractivity contribution is 0.0970. The van der Waals surface area contributed by atoms with E-state index in [1.54, 1.807) is 4.68 Å². The molecule has 1 aromatic rings. The monoisotopic (exact) mass is 257 g/mol. The van der Waals surface area contributed by atoms with Gasteiger partial charge in [0.25, 0.3) is 0 Å². The second kappa shape index (κ2) is 5.19. The van der Waals surface area contributed by atoms with Crippen molar-refractivity contribution in [3.63, 3.8) is 0 Å². The third kappa shape index (κ3) is 3.82. The largest absolute Gasteiger partial charge is 0.305 e. The minimum atomic E-state index is -0.0924. The molecular formula is C12H20ClN3O. The van der Waals surface area contributed by atoms with Gasteiger partial charge in [0.2, 0.25) is 0 Å². The number of rotatable bonds is 4. The number of carbonyl (C=O) groups excluding carboxylic acids is 1. The van der Waals surface area contributed by atoms with Crippen molar-refractivity contribution in [3.05, 3.63) is 16.9 Å². The molecule has 96 valence electrons. The second-order valence-electron chi connectivity index (χ2n) is 5.41. The van der Waals surface area contributed by atoms with Crippen LogP contribution >= 0.6 is 11.6 Å². The smallest absolute Gasteiger partial charge is 0.196 e. The van der Waals surface area contributed by atoms with Crippen molar-refractivity contribution in [2.75, 3.05) is 6.54 Å². The van der Waals surface area contributed by atoms with E-state index in [0.29, 0.717) is 10.7 Å². The number of hydrogen-bond acceptors (Lipinski definition) is 3. The molecule has 0 radical (unpaired) electrons. The van der Waals surface area contributed by atoms with Crippen LogP contribution in [0.15, 0.2) is 6.20 Å². The molecule has 0 bridgehead atoms. The maximum atomic E-state index is 12.1. The van der Waals surface area contributed by atoms with E-state index >= 15 is 0 Å². The van der Waals surface area contributed by atoms with Crippen molar-refractivity contribution >= 4 is 17.4 Å². The molecule has 1 aromatic heterocycles. The fourth-order valence-electron chi connectivity index (χ4n) is 1.42. The Morgan fingerprint density at radius 3 is 2.59 bits per heavy atom. The zero-order valence-electron chi connectivity index (χ0n) is 11.0. The Morgan fingerprint density at radius 1 is 1.53 bits per heavy atom. The molecule has 0 unspecified atom stereocenters. The van der Waals surface area contributed by atoms with E-state index in [2.05, 4.69) is 10.4 Å². The van der Waals surface area contributed by atoms with Gasteiger partial charge >= 0.3 is 0 Å². The molecule has 0 saturated carbocycles. The van der Waals surface area contributed by atoms with E-state index in [9.17, 15) is 4.79 Å². The summed E-state index contributed by atoms with van der Waals surface area (Å²) in [7, 11) is 0. The first-order chi connectivity index (χ1) is 7.72. The summed E-state index contributed by atoms with van der Waals surface area (Å²) in [4.78, 5) is 12.1. The molecule has 0 atom stereocenters. The highest BCUT2D eigenvalue weighted by Gasteiger charge is 2.20. The van der Waals surface area contributed by atoms with Gasteiger partial charge in [-0.2, -0.15) is 5.10 Å². The van der Waals surface area contributed by atoms with Crippen LogP contribution < -0.4 is 5.32 Å². The number of Topliss-reactive ketones (excluding diaryl/α,β-unsaturated/α-hetero) is 1. The van der Waals surface area contributed by atoms with E-state index in [4.69, 9.17) is 11.6 Å². The van der Waals surface area contributed by atoms with Crippen LogP contribution in [0.2, 0.25) is 5.02 Å². The van der Waals surface area contributed by atoms with Crippen LogP contribution in [0.5, 0.6) is 0 Å². The van der Waals surface area contributed by atoms with Gasteiger partial charge in [0.15, 0.2) is 5.78 Å². The van der Waals surface area contributed by atoms with Crippen molar-refractivity contribution in [1.29, 1.82) is 0 Å². The summed E-state index contributed by atoms with van der Waals surface area (Å²) in [5, 5.41) is 7.69. The number of hydrogen-bond donors (Lipinski definition) is 1.